The Labute approximate surface area is 117 Å². The lowest BCUT2D eigenvalue weighted by molar-refractivity contribution is 0.298. The Morgan fingerprint density at radius 2 is 1.74 bits per heavy atom. The van der Waals surface area contributed by atoms with Crippen LogP contribution in [-0.2, 0) is 10.0 Å². The minimum absolute atomic E-state index is 0.138. The van der Waals surface area contributed by atoms with Crippen LogP contribution in [0, 0.1) is 11.8 Å². The number of nitrogens with zero attached hydrogens (tertiary/aromatic N) is 1. The van der Waals surface area contributed by atoms with E-state index in [1.165, 1.54) is 19.3 Å². The molecule has 0 aromatic carbocycles. The maximum Gasteiger partial charge on any atom is 0.214 e. The topological polar surface area (TPSA) is 63.4 Å². The zero-order chi connectivity index (χ0) is 13.9. The first-order chi connectivity index (χ1) is 9.04. The normalized spacial score (nSPS) is 30.1. The van der Waals surface area contributed by atoms with Crippen LogP contribution in [0.15, 0.2) is 0 Å². The zero-order valence-electron chi connectivity index (χ0n) is 12.1. The van der Waals surface area contributed by atoms with Gasteiger partial charge in [0.1, 0.15) is 0 Å². The number of hydrogen-bond donors (Lipinski definition) is 1. The third-order valence-electron chi connectivity index (χ3n) is 5.00. The van der Waals surface area contributed by atoms with Crippen molar-refractivity contribution in [3.63, 3.8) is 0 Å². The summed E-state index contributed by atoms with van der Waals surface area (Å²) in [7, 11) is -1.35. The molecule has 0 aliphatic heterocycles. The van der Waals surface area contributed by atoms with Gasteiger partial charge in [-0.15, -0.1) is 0 Å². The summed E-state index contributed by atoms with van der Waals surface area (Å²) in [5.41, 5.74) is 5.77. The van der Waals surface area contributed by atoms with Crippen LogP contribution in [-0.4, -0.2) is 38.1 Å². The second-order valence-corrected chi connectivity index (χ2v) is 8.37. The third kappa shape index (κ3) is 3.70. The Kier molecular flexibility index (Phi) is 5.26. The molecule has 2 aliphatic carbocycles. The van der Waals surface area contributed by atoms with E-state index in [4.69, 9.17) is 5.73 Å². The molecule has 0 bridgehead atoms. The van der Waals surface area contributed by atoms with Gasteiger partial charge in [0.2, 0.25) is 10.0 Å². The molecule has 0 spiro atoms. The summed E-state index contributed by atoms with van der Waals surface area (Å²) in [5, 5.41) is 0. The first-order valence-electron chi connectivity index (χ1n) is 7.70. The van der Waals surface area contributed by atoms with Gasteiger partial charge < -0.3 is 5.73 Å². The number of nitrogens with two attached hydrogens (primary N) is 1. The fourth-order valence-electron chi connectivity index (χ4n) is 3.75. The number of hydrogen-bond acceptors (Lipinski definition) is 3. The highest BCUT2D eigenvalue weighted by Gasteiger charge is 2.36. The molecule has 2 saturated carbocycles. The summed E-state index contributed by atoms with van der Waals surface area (Å²) in [4.78, 5) is 0. The second-order valence-electron chi connectivity index (χ2n) is 6.29. The largest absolute Gasteiger partial charge is 0.330 e. The average molecular weight is 288 g/mol. The Bertz CT molecular complexity index is 377. The zero-order valence-corrected chi connectivity index (χ0v) is 12.9. The molecular weight excluding hydrogens is 260 g/mol. The van der Waals surface area contributed by atoms with Crippen LogP contribution in [0.25, 0.3) is 0 Å². The van der Waals surface area contributed by atoms with E-state index < -0.39 is 10.0 Å². The van der Waals surface area contributed by atoms with E-state index in [-0.39, 0.29) is 6.04 Å². The lowest BCUT2D eigenvalue weighted by Gasteiger charge is -2.30. The first kappa shape index (κ1) is 15.3. The molecule has 2 aliphatic rings. The lowest BCUT2D eigenvalue weighted by atomic mass is 9.91. The van der Waals surface area contributed by atoms with Gasteiger partial charge in [0.15, 0.2) is 0 Å². The van der Waals surface area contributed by atoms with Gasteiger partial charge in [-0.2, -0.15) is 0 Å². The lowest BCUT2D eigenvalue weighted by Crippen LogP contribution is -2.43. The Hall–Kier alpha value is -0.130. The molecule has 2 atom stereocenters. The molecule has 0 heterocycles. The summed E-state index contributed by atoms with van der Waals surface area (Å²) >= 11 is 0. The minimum Gasteiger partial charge on any atom is -0.330 e. The highest BCUT2D eigenvalue weighted by molar-refractivity contribution is 7.89. The monoisotopic (exact) mass is 288 g/mol. The molecule has 5 heteroatoms. The molecule has 0 aromatic heterocycles. The molecule has 2 fully saturated rings. The quantitative estimate of drug-likeness (QED) is 0.841. The van der Waals surface area contributed by atoms with Crippen LogP contribution in [0.4, 0.5) is 0 Å². The maximum atomic E-state index is 12.5. The third-order valence-corrected chi connectivity index (χ3v) is 7.04. The van der Waals surface area contributed by atoms with Crippen LogP contribution in [0.5, 0.6) is 0 Å². The summed E-state index contributed by atoms with van der Waals surface area (Å²) in [6.07, 6.45) is 8.97. The molecular formula is C14H28N2O2S. The van der Waals surface area contributed by atoms with Crippen molar-refractivity contribution in [2.75, 3.05) is 19.3 Å². The van der Waals surface area contributed by atoms with Crippen molar-refractivity contribution in [3.8, 4) is 0 Å². The van der Waals surface area contributed by atoms with Crippen molar-refractivity contribution in [2.24, 2.45) is 17.6 Å². The fourth-order valence-corrected chi connectivity index (χ4v) is 5.60. The summed E-state index contributed by atoms with van der Waals surface area (Å²) < 4.78 is 26.7. The molecule has 0 saturated heterocycles. The average Bonchev–Trinajstić information content (AvgIpc) is 2.86. The second kappa shape index (κ2) is 6.55. The molecule has 112 valence electrons. The Morgan fingerprint density at radius 3 is 2.37 bits per heavy atom. The molecule has 0 aromatic rings. The summed E-state index contributed by atoms with van der Waals surface area (Å²) in [6.45, 7) is 0.605. The number of sulfonamides is 1. The molecule has 19 heavy (non-hydrogen) atoms. The highest BCUT2D eigenvalue weighted by atomic mass is 32.2. The number of rotatable bonds is 5. The van der Waals surface area contributed by atoms with E-state index in [1.54, 1.807) is 11.4 Å². The van der Waals surface area contributed by atoms with Gasteiger partial charge in [0.05, 0.1) is 5.75 Å². The Morgan fingerprint density at radius 1 is 1.05 bits per heavy atom. The first-order valence-corrected chi connectivity index (χ1v) is 9.31. The fraction of sp³-hybridized carbons (Fsp3) is 1.00. The van der Waals surface area contributed by atoms with E-state index >= 15 is 0 Å². The van der Waals surface area contributed by atoms with Gasteiger partial charge in [0, 0.05) is 13.1 Å². The van der Waals surface area contributed by atoms with Crippen molar-refractivity contribution in [1.29, 1.82) is 0 Å². The molecule has 2 N–H and O–H groups in total. The van der Waals surface area contributed by atoms with Crippen molar-refractivity contribution in [1.82, 2.24) is 4.31 Å². The van der Waals surface area contributed by atoms with E-state index in [1.807, 2.05) is 0 Å². The van der Waals surface area contributed by atoms with Crippen molar-refractivity contribution >= 4 is 10.0 Å². The van der Waals surface area contributed by atoms with Gasteiger partial charge in [-0.1, -0.05) is 25.7 Å². The minimum atomic E-state index is -3.11. The van der Waals surface area contributed by atoms with Crippen molar-refractivity contribution in [3.05, 3.63) is 0 Å². The van der Waals surface area contributed by atoms with Gasteiger partial charge in [-0.05, 0) is 44.1 Å². The molecule has 2 unspecified atom stereocenters. The SMILES string of the molecule is CN(C1CCCC1CN)S(=O)(=O)CC1CCCCC1. The van der Waals surface area contributed by atoms with Gasteiger partial charge in [-0.25, -0.2) is 12.7 Å². The van der Waals surface area contributed by atoms with Gasteiger partial charge in [0.25, 0.3) is 0 Å². The highest BCUT2D eigenvalue weighted by Crippen LogP contribution is 2.32. The molecule has 4 nitrogen and oxygen atoms in total. The van der Waals surface area contributed by atoms with Crippen LogP contribution in [0.1, 0.15) is 51.4 Å². The van der Waals surface area contributed by atoms with Crippen LogP contribution >= 0.6 is 0 Å². The predicted octanol–water partition coefficient (Wildman–Crippen LogP) is 1.96. The van der Waals surface area contributed by atoms with E-state index in [0.29, 0.717) is 24.1 Å². The maximum absolute atomic E-state index is 12.5. The smallest absolute Gasteiger partial charge is 0.214 e. The molecule has 0 amide bonds. The van der Waals surface area contributed by atoms with E-state index in [0.717, 1.165) is 32.1 Å². The molecule has 0 radical (unpaired) electrons. The van der Waals surface area contributed by atoms with Crippen LogP contribution in [0.3, 0.4) is 0 Å². The standard InChI is InChI=1S/C14H28N2O2S/c1-16(14-9-5-8-13(14)10-15)19(17,18)11-12-6-3-2-4-7-12/h12-14H,2-11,15H2,1H3. The van der Waals surface area contributed by atoms with Crippen LogP contribution < -0.4 is 5.73 Å². The van der Waals surface area contributed by atoms with E-state index in [2.05, 4.69) is 0 Å². The van der Waals surface area contributed by atoms with E-state index in [9.17, 15) is 8.42 Å². The molecule has 2 rings (SSSR count). The van der Waals surface area contributed by atoms with Crippen molar-refractivity contribution < 1.29 is 8.42 Å². The van der Waals surface area contributed by atoms with Gasteiger partial charge >= 0.3 is 0 Å². The predicted molar refractivity (Wildman–Crippen MR) is 78.3 cm³/mol. The Balaban J connectivity index is 1.97. The summed E-state index contributed by atoms with van der Waals surface area (Å²) in [5.74, 6) is 1.07. The van der Waals surface area contributed by atoms with Gasteiger partial charge in [-0.3, -0.25) is 0 Å². The van der Waals surface area contributed by atoms with Crippen molar-refractivity contribution in [2.45, 2.75) is 57.4 Å². The van der Waals surface area contributed by atoms with Crippen LogP contribution in [0.2, 0.25) is 0 Å². The summed E-state index contributed by atoms with van der Waals surface area (Å²) in [6, 6.07) is 0.138.